The second-order valence-electron chi connectivity index (χ2n) is 6.89. The van der Waals surface area contributed by atoms with Crippen molar-refractivity contribution in [3.8, 4) is 0 Å². The van der Waals surface area contributed by atoms with Crippen LogP contribution in [-0.4, -0.2) is 16.9 Å². The molecule has 0 atom stereocenters. The van der Waals surface area contributed by atoms with E-state index in [1.54, 1.807) is 6.20 Å². The molecule has 4 rings (SSSR count). The first-order valence-corrected chi connectivity index (χ1v) is 9.31. The molecule has 4 nitrogen and oxygen atoms in total. The van der Waals surface area contributed by atoms with Crippen molar-refractivity contribution in [1.29, 1.82) is 0 Å². The fourth-order valence-electron chi connectivity index (χ4n) is 3.62. The summed E-state index contributed by atoms with van der Waals surface area (Å²) in [6.07, 6.45) is 8.13. The number of nitrogens with one attached hydrogen (secondary N) is 2. The summed E-state index contributed by atoms with van der Waals surface area (Å²) in [4.78, 5) is 16.9. The summed E-state index contributed by atoms with van der Waals surface area (Å²) in [6.45, 7) is 0. The smallest absolute Gasteiger partial charge is 0.274 e. The van der Waals surface area contributed by atoms with Gasteiger partial charge >= 0.3 is 0 Å². The number of carbonyl (C=O) groups is 1. The average Bonchev–Trinajstić information content (AvgIpc) is 2.70. The van der Waals surface area contributed by atoms with E-state index in [4.69, 9.17) is 0 Å². The molecule has 3 aromatic rings. The second kappa shape index (κ2) is 7.56. The van der Waals surface area contributed by atoms with Gasteiger partial charge in [0.05, 0.1) is 0 Å². The van der Waals surface area contributed by atoms with Crippen LogP contribution in [0.15, 0.2) is 60.8 Å². The highest BCUT2D eigenvalue weighted by Gasteiger charge is 2.14. The van der Waals surface area contributed by atoms with Crippen LogP contribution in [0.5, 0.6) is 0 Å². The minimum Gasteiger partial charge on any atom is -0.382 e. The van der Waals surface area contributed by atoms with Crippen LogP contribution in [0.2, 0.25) is 0 Å². The van der Waals surface area contributed by atoms with E-state index in [-0.39, 0.29) is 5.91 Å². The number of aromatic nitrogens is 1. The second-order valence-corrected chi connectivity index (χ2v) is 6.89. The van der Waals surface area contributed by atoms with Gasteiger partial charge < -0.3 is 10.6 Å². The fraction of sp³-hybridized carbons (Fsp3) is 0.273. The molecular weight excluding hydrogens is 322 g/mol. The van der Waals surface area contributed by atoms with E-state index in [1.807, 2.05) is 54.6 Å². The summed E-state index contributed by atoms with van der Waals surface area (Å²) in [6, 6.07) is 18.2. The normalized spacial score (nSPS) is 14.9. The van der Waals surface area contributed by atoms with Gasteiger partial charge in [-0.3, -0.25) is 9.78 Å². The molecule has 26 heavy (non-hydrogen) atoms. The number of pyridine rings is 1. The summed E-state index contributed by atoms with van der Waals surface area (Å²) in [5.74, 6) is -0.185. The number of benzene rings is 2. The quantitative estimate of drug-likeness (QED) is 0.680. The van der Waals surface area contributed by atoms with E-state index in [0.717, 1.165) is 22.1 Å². The zero-order chi connectivity index (χ0) is 17.8. The van der Waals surface area contributed by atoms with Crippen LogP contribution < -0.4 is 10.6 Å². The third kappa shape index (κ3) is 3.69. The van der Waals surface area contributed by atoms with Gasteiger partial charge in [-0.25, -0.2) is 0 Å². The molecule has 4 heteroatoms. The van der Waals surface area contributed by atoms with E-state index in [1.165, 1.54) is 32.1 Å². The van der Waals surface area contributed by atoms with Crippen LogP contribution in [0.4, 0.5) is 11.4 Å². The van der Waals surface area contributed by atoms with Crippen molar-refractivity contribution in [3.05, 3.63) is 66.5 Å². The number of rotatable bonds is 4. The van der Waals surface area contributed by atoms with Crippen molar-refractivity contribution >= 4 is 28.1 Å². The Hall–Kier alpha value is -2.88. The number of nitrogens with zero attached hydrogens (tertiary/aromatic N) is 1. The van der Waals surface area contributed by atoms with Crippen molar-refractivity contribution in [2.24, 2.45) is 0 Å². The van der Waals surface area contributed by atoms with E-state index >= 15 is 0 Å². The van der Waals surface area contributed by atoms with Crippen LogP contribution in [0.25, 0.3) is 10.8 Å². The van der Waals surface area contributed by atoms with Gasteiger partial charge in [-0.2, -0.15) is 0 Å². The number of carbonyl (C=O) groups excluding carboxylic acids is 1. The fourth-order valence-corrected chi connectivity index (χ4v) is 3.62. The van der Waals surface area contributed by atoms with E-state index in [0.29, 0.717) is 11.7 Å². The molecule has 0 saturated heterocycles. The van der Waals surface area contributed by atoms with E-state index in [9.17, 15) is 4.79 Å². The number of hydrogen-bond donors (Lipinski definition) is 2. The lowest BCUT2D eigenvalue weighted by molar-refractivity contribution is 0.102. The van der Waals surface area contributed by atoms with Crippen LogP contribution in [0, 0.1) is 0 Å². The number of anilines is 2. The average molecular weight is 345 g/mol. The highest BCUT2D eigenvalue weighted by molar-refractivity contribution is 6.11. The van der Waals surface area contributed by atoms with Gasteiger partial charge in [-0.05, 0) is 48.6 Å². The Bertz CT molecular complexity index is 893. The Balaban J connectivity index is 1.45. The Kier molecular flexibility index (Phi) is 4.82. The predicted octanol–water partition coefficient (Wildman–Crippen LogP) is 5.23. The minimum absolute atomic E-state index is 0.185. The summed E-state index contributed by atoms with van der Waals surface area (Å²) >= 11 is 0. The molecule has 0 bridgehead atoms. The monoisotopic (exact) mass is 345 g/mol. The van der Waals surface area contributed by atoms with Gasteiger partial charge in [-0.15, -0.1) is 0 Å². The highest BCUT2D eigenvalue weighted by Crippen LogP contribution is 2.23. The van der Waals surface area contributed by atoms with Crippen molar-refractivity contribution < 1.29 is 4.79 Å². The molecule has 1 heterocycles. The molecule has 132 valence electrons. The lowest BCUT2D eigenvalue weighted by atomic mass is 9.95. The lowest BCUT2D eigenvalue weighted by Gasteiger charge is -2.23. The summed E-state index contributed by atoms with van der Waals surface area (Å²) in [7, 11) is 0. The van der Waals surface area contributed by atoms with E-state index < -0.39 is 0 Å². The maximum Gasteiger partial charge on any atom is 0.274 e. The minimum atomic E-state index is -0.185. The lowest BCUT2D eigenvalue weighted by Crippen LogP contribution is -2.22. The standard InChI is InChI=1S/C22H23N3O/c26-22(21-20-9-5-4-6-16(20)14-15-23-21)25-19-12-10-18(11-13-19)24-17-7-2-1-3-8-17/h4-6,9-15,17,24H,1-3,7-8H2,(H,25,26). The van der Waals surface area contributed by atoms with Crippen LogP contribution in [0.1, 0.15) is 42.6 Å². The third-order valence-electron chi connectivity index (χ3n) is 5.01. The van der Waals surface area contributed by atoms with Gasteiger partial charge in [0.2, 0.25) is 0 Å². The molecule has 0 unspecified atom stereocenters. The molecular formula is C22H23N3O. The Morgan fingerprint density at radius 2 is 1.62 bits per heavy atom. The Morgan fingerprint density at radius 1 is 0.885 bits per heavy atom. The van der Waals surface area contributed by atoms with Gasteiger partial charge in [0.1, 0.15) is 5.69 Å². The van der Waals surface area contributed by atoms with Crippen LogP contribution in [-0.2, 0) is 0 Å². The maximum atomic E-state index is 12.6. The SMILES string of the molecule is O=C(Nc1ccc(NC2CCCCC2)cc1)c1nccc2ccccc12. The Labute approximate surface area is 153 Å². The largest absolute Gasteiger partial charge is 0.382 e. The summed E-state index contributed by atoms with van der Waals surface area (Å²) in [5.41, 5.74) is 2.34. The van der Waals surface area contributed by atoms with Gasteiger partial charge in [0.15, 0.2) is 0 Å². The first-order chi connectivity index (χ1) is 12.8. The van der Waals surface area contributed by atoms with Crippen LogP contribution in [0.3, 0.4) is 0 Å². The molecule has 1 aromatic heterocycles. The summed E-state index contributed by atoms with van der Waals surface area (Å²) in [5, 5.41) is 8.42. The number of fused-ring (bicyclic) bond motifs is 1. The van der Waals surface area contributed by atoms with E-state index in [2.05, 4.69) is 15.6 Å². The molecule has 0 radical (unpaired) electrons. The molecule has 0 aliphatic heterocycles. The molecule has 2 aromatic carbocycles. The molecule has 1 amide bonds. The van der Waals surface area contributed by atoms with Gasteiger partial charge in [0.25, 0.3) is 5.91 Å². The Morgan fingerprint density at radius 3 is 2.42 bits per heavy atom. The molecule has 1 saturated carbocycles. The zero-order valence-electron chi connectivity index (χ0n) is 14.7. The van der Waals surface area contributed by atoms with Gasteiger partial charge in [0, 0.05) is 29.0 Å². The molecule has 1 fully saturated rings. The molecule has 1 aliphatic carbocycles. The number of hydrogen-bond acceptors (Lipinski definition) is 3. The highest BCUT2D eigenvalue weighted by atomic mass is 16.1. The molecule has 2 N–H and O–H groups in total. The van der Waals surface area contributed by atoms with Crippen LogP contribution >= 0.6 is 0 Å². The summed E-state index contributed by atoms with van der Waals surface area (Å²) < 4.78 is 0. The topological polar surface area (TPSA) is 54.0 Å². The first kappa shape index (κ1) is 16.6. The number of amides is 1. The van der Waals surface area contributed by atoms with Crippen molar-refractivity contribution in [3.63, 3.8) is 0 Å². The third-order valence-corrected chi connectivity index (χ3v) is 5.01. The first-order valence-electron chi connectivity index (χ1n) is 9.31. The van der Waals surface area contributed by atoms with Crippen molar-refractivity contribution in [2.75, 3.05) is 10.6 Å². The zero-order valence-corrected chi connectivity index (χ0v) is 14.7. The van der Waals surface area contributed by atoms with Crippen molar-refractivity contribution in [1.82, 2.24) is 4.98 Å². The predicted molar refractivity (Wildman–Crippen MR) is 107 cm³/mol. The maximum absolute atomic E-state index is 12.6. The van der Waals surface area contributed by atoms with Crippen molar-refractivity contribution in [2.45, 2.75) is 38.1 Å². The molecule has 0 spiro atoms. The molecule has 1 aliphatic rings. The van der Waals surface area contributed by atoms with Gasteiger partial charge in [-0.1, -0.05) is 43.5 Å².